The van der Waals surface area contributed by atoms with Gasteiger partial charge < -0.3 is 5.73 Å². The molecule has 0 aliphatic carbocycles. The van der Waals surface area contributed by atoms with Gasteiger partial charge in [0.1, 0.15) is 0 Å². The molecule has 0 aliphatic heterocycles. The van der Waals surface area contributed by atoms with Crippen molar-refractivity contribution >= 4 is 17.7 Å². The number of aromatic nitrogens is 4. The van der Waals surface area contributed by atoms with Gasteiger partial charge >= 0.3 is 0 Å². The fourth-order valence-corrected chi connectivity index (χ4v) is 1.67. The molecule has 0 radical (unpaired) electrons. The predicted octanol–water partition coefficient (Wildman–Crippen LogP) is 0.220. The number of carbonyl (C=O) groups excluding carboxylic acids is 1. The molecule has 7 heteroatoms. The first-order valence-electron chi connectivity index (χ1n) is 4.26. The van der Waals surface area contributed by atoms with E-state index in [1.807, 2.05) is 13.8 Å². The van der Waals surface area contributed by atoms with Crippen LogP contribution in [0.5, 0.6) is 0 Å². The van der Waals surface area contributed by atoms with Crippen molar-refractivity contribution in [3.63, 3.8) is 0 Å². The maximum Gasteiger partial charge on any atom is 0.230 e. The van der Waals surface area contributed by atoms with E-state index in [1.54, 1.807) is 11.6 Å². The molecule has 0 fully saturated rings. The lowest BCUT2D eigenvalue weighted by atomic mass is 10.4. The average Bonchev–Trinajstić information content (AvgIpc) is 2.52. The Kier molecular flexibility index (Phi) is 3.45. The van der Waals surface area contributed by atoms with Gasteiger partial charge in [0, 0.05) is 0 Å². The van der Waals surface area contributed by atoms with Crippen molar-refractivity contribution in [2.45, 2.75) is 37.2 Å². The first kappa shape index (κ1) is 11.0. The molecule has 0 spiro atoms. The van der Waals surface area contributed by atoms with Crippen LogP contribution in [0.4, 0.5) is 0 Å². The van der Waals surface area contributed by atoms with Crippen LogP contribution >= 0.6 is 11.8 Å². The standard InChI is InChI=1S/C7H13N5OS/c1-4(2)12-7(9-10-11-12)14-5(3)6(8)13/h4-5H,1-3H3,(H2,8,13)/t5-/m1/s1. The number of hydrogen-bond acceptors (Lipinski definition) is 5. The third kappa shape index (κ3) is 2.44. The molecule has 1 amide bonds. The molecule has 0 saturated carbocycles. The van der Waals surface area contributed by atoms with Crippen molar-refractivity contribution in [1.82, 2.24) is 20.2 Å². The highest BCUT2D eigenvalue weighted by Crippen LogP contribution is 2.21. The summed E-state index contributed by atoms with van der Waals surface area (Å²) < 4.78 is 1.66. The Labute approximate surface area is 86.2 Å². The molecule has 0 saturated heterocycles. The molecular formula is C7H13N5OS. The van der Waals surface area contributed by atoms with E-state index in [1.165, 1.54) is 11.8 Å². The number of tetrazole rings is 1. The second-order valence-corrected chi connectivity index (χ2v) is 4.47. The third-order valence-electron chi connectivity index (χ3n) is 1.63. The van der Waals surface area contributed by atoms with Crippen LogP contribution in [-0.2, 0) is 4.79 Å². The van der Waals surface area contributed by atoms with E-state index in [-0.39, 0.29) is 17.2 Å². The lowest BCUT2D eigenvalue weighted by Crippen LogP contribution is -2.23. The Morgan fingerprint density at radius 1 is 1.50 bits per heavy atom. The van der Waals surface area contributed by atoms with Gasteiger partial charge in [0.05, 0.1) is 11.3 Å². The number of nitrogens with two attached hydrogens (primary N) is 1. The molecule has 0 bridgehead atoms. The lowest BCUT2D eigenvalue weighted by molar-refractivity contribution is -0.117. The van der Waals surface area contributed by atoms with Crippen LogP contribution in [0, 0.1) is 0 Å². The fraction of sp³-hybridized carbons (Fsp3) is 0.714. The number of rotatable bonds is 4. The molecule has 78 valence electrons. The Morgan fingerprint density at radius 2 is 2.14 bits per heavy atom. The topological polar surface area (TPSA) is 86.7 Å². The highest BCUT2D eigenvalue weighted by atomic mass is 32.2. The third-order valence-corrected chi connectivity index (χ3v) is 2.70. The Morgan fingerprint density at radius 3 is 2.64 bits per heavy atom. The van der Waals surface area contributed by atoms with Gasteiger partial charge in [0.2, 0.25) is 11.1 Å². The quantitative estimate of drug-likeness (QED) is 0.726. The number of thioether (sulfide) groups is 1. The van der Waals surface area contributed by atoms with Gasteiger partial charge in [-0.3, -0.25) is 4.79 Å². The monoisotopic (exact) mass is 215 g/mol. The number of hydrogen-bond donors (Lipinski definition) is 1. The average molecular weight is 215 g/mol. The minimum absolute atomic E-state index is 0.174. The fourth-order valence-electron chi connectivity index (χ4n) is 0.803. The smallest absolute Gasteiger partial charge is 0.230 e. The van der Waals surface area contributed by atoms with E-state index < -0.39 is 0 Å². The van der Waals surface area contributed by atoms with Gasteiger partial charge in [-0.2, -0.15) is 0 Å². The minimum atomic E-state index is -0.367. The van der Waals surface area contributed by atoms with Crippen LogP contribution in [0.25, 0.3) is 0 Å². The first-order valence-corrected chi connectivity index (χ1v) is 5.14. The molecule has 0 aromatic carbocycles. The summed E-state index contributed by atoms with van der Waals surface area (Å²) in [5.74, 6) is -0.367. The van der Waals surface area contributed by atoms with Gasteiger partial charge in [0.15, 0.2) is 0 Å². The van der Waals surface area contributed by atoms with E-state index in [0.717, 1.165) is 0 Å². The molecule has 1 rings (SSSR count). The largest absolute Gasteiger partial charge is 0.369 e. The summed E-state index contributed by atoms with van der Waals surface area (Å²) in [5, 5.41) is 11.5. The molecule has 1 aromatic heterocycles. The zero-order valence-electron chi connectivity index (χ0n) is 8.34. The number of nitrogens with zero attached hydrogens (tertiary/aromatic N) is 4. The lowest BCUT2D eigenvalue weighted by Gasteiger charge is -2.09. The maximum atomic E-state index is 10.8. The zero-order valence-corrected chi connectivity index (χ0v) is 9.15. The van der Waals surface area contributed by atoms with E-state index >= 15 is 0 Å². The van der Waals surface area contributed by atoms with Gasteiger partial charge in [-0.05, 0) is 31.2 Å². The van der Waals surface area contributed by atoms with Crippen LogP contribution in [0.2, 0.25) is 0 Å². The Balaban J connectivity index is 2.76. The van der Waals surface area contributed by atoms with Crippen molar-refractivity contribution in [2.24, 2.45) is 5.73 Å². The second-order valence-electron chi connectivity index (χ2n) is 3.16. The highest BCUT2D eigenvalue weighted by Gasteiger charge is 2.16. The van der Waals surface area contributed by atoms with Gasteiger partial charge in [-0.25, -0.2) is 4.68 Å². The highest BCUT2D eigenvalue weighted by molar-refractivity contribution is 8.00. The molecule has 1 aromatic rings. The van der Waals surface area contributed by atoms with E-state index in [4.69, 9.17) is 5.73 Å². The van der Waals surface area contributed by atoms with Crippen LogP contribution in [0.3, 0.4) is 0 Å². The Bertz CT molecular complexity index is 324. The molecule has 14 heavy (non-hydrogen) atoms. The van der Waals surface area contributed by atoms with Crippen molar-refractivity contribution < 1.29 is 4.79 Å². The van der Waals surface area contributed by atoms with Gasteiger partial charge in [0.25, 0.3) is 0 Å². The van der Waals surface area contributed by atoms with E-state index in [2.05, 4.69) is 15.5 Å². The zero-order chi connectivity index (χ0) is 10.7. The Hall–Kier alpha value is -1.11. The maximum absolute atomic E-state index is 10.8. The van der Waals surface area contributed by atoms with Crippen molar-refractivity contribution in [2.75, 3.05) is 0 Å². The summed E-state index contributed by atoms with van der Waals surface area (Å²) in [7, 11) is 0. The number of primary amides is 1. The minimum Gasteiger partial charge on any atom is -0.369 e. The molecule has 2 N–H and O–H groups in total. The summed E-state index contributed by atoms with van der Waals surface area (Å²) >= 11 is 1.27. The molecule has 0 unspecified atom stereocenters. The van der Waals surface area contributed by atoms with Crippen LogP contribution in [-0.4, -0.2) is 31.4 Å². The summed E-state index contributed by atoms with van der Waals surface area (Å²) in [6.45, 7) is 5.66. The summed E-state index contributed by atoms with van der Waals surface area (Å²) in [5.41, 5.74) is 5.14. The first-order chi connectivity index (χ1) is 6.52. The normalized spacial score (nSPS) is 13.1. The SMILES string of the molecule is CC(C)n1nnnc1S[C@H](C)C(N)=O. The van der Waals surface area contributed by atoms with E-state index in [0.29, 0.717) is 5.16 Å². The summed E-state index contributed by atoms with van der Waals surface area (Å²) in [6, 6.07) is 0.174. The van der Waals surface area contributed by atoms with Crippen LogP contribution in [0.15, 0.2) is 5.16 Å². The molecule has 0 aliphatic rings. The number of amides is 1. The van der Waals surface area contributed by atoms with Crippen molar-refractivity contribution in [3.8, 4) is 0 Å². The second kappa shape index (κ2) is 4.41. The molecule has 1 atom stereocenters. The van der Waals surface area contributed by atoms with Crippen molar-refractivity contribution in [3.05, 3.63) is 0 Å². The van der Waals surface area contributed by atoms with Crippen LogP contribution < -0.4 is 5.73 Å². The molecule has 6 nitrogen and oxygen atoms in total. The van der Waals surface area contributed by atoms with E-state index in [9.17, 15) is 4.79 Å². The number of carbonyl (C=O) groups is 1. The van der Waals surface area contributed by atoms with Gasteiger partial charge in [-0.15, -0.1) is 5.10 Å². The molecule has 1 heterocycles. The molecular weight excluding hydrogens is 202 g/mol. The van der Waals surface area contributed by atoms with Crippen LogP contribution in [0.1, 0.15) is 26.8 Å². The predicted molar refractivity (Wildman–Crippen MR) is 52.7 cm³/mol. The summed E-state index contributed by atoms with van der Waals surface area (Å²) in [6.07, 6.45) is 0. The van der Waals surface area contributed by atoms with Gasteiger partial charge in [-0.1, -0.05) is 11.8 Å². The summed E-state index contributed by atoms with van der Waals surface area (Å²) in [4.78, 5) is 10.8. The van der Waals surface area contributed by atoms with Crippen molar-refractivity contribution in [1.29, 1.82) is 0 Å².